The third-order valence-corrected chi connectivity index (χ3v) is 5.73. The van der Waals surface area contributed by atoms with Crippen LogP contribution >= 0.6 is 0 Å². The number of hydrogen-bond donors (Lipinski definition) is 1. The Morgan fingerprint density at radius 1 is 1.21 bits per heavy atom. The molecule has 1 aliphatic rings. The van der Waals surface area contributed by atoms with Crippen LogP contribution in [0, 0.1) is 11.3 Å². The van der Waals surface area contributed by atoms with Crippen molar-refractivity contribution in [2.75, 3.05) is 26.2 Å². The molecule has 34 heavy (non-hydrogen) atoms. The third-order valence-electron chi connectivity index (χ3n) is 5.73. The van der Waals surface area contributed by atoms with Crippen molar-refractivity contribution in [2.24, 2.45) is 0 Å². The molecule has 0 bridgehead atoms. The Labute approximate surface area is 197 Å². The smallest absolute Gasteiger partial charge is 0.251 e. The number of nitrogens with one attached hydrogen (secondary N) is 1. The van der Waals surface area contributed by atoms with Crippen molar-refractivity contribution in [3.63, 3.8) is 0 Å². The molecule has 0 spiro atoms. The SMILES string of the molecule is CCOc1ccc(-c2noc(C3CCN(C(=O)CNC(=O)c4ccccc4)CC3)n2)cc1C#N. The predicted octanol–water partition coefficient (Wildman–Crippen LogP) is 3.14. The van der Waals surface area contributed by atoms with E-state index < -0.39 is 0 Å². The van der Waals surface area contributed by atoms with E-state index in [0.717, 1.165) is 0 Å². The van der Waals surface area contributed by atoms with Crippen molar-refractivity contribution >= 4 is 11.8 Å². The van der Waals surface area contributed by atoms with Gasteiger partial charge < -0.3 is 19.5 Å². The van der Waals surface area contributed by atoms with Gasteiger partial charge in [0.2, 0.25) is 17.6 Å². The number of aromatic nitrogens is 2. The van der Waals surface area contributed by atoms with E-state index >= 15 is 0 Å². The largest absolute Gasteiger partial charge is 0.492 e. The van der Waals surface area contributed by atoms with Gasteiger partial charge in [0, 0.05) is 30.1 Å². The molecule has 9 heteroatoms. The molecule has 1 N–H and O–H groups in total. The van der Waals surface area contributed by atoms with E-state index in [4.69, 9.17) is 9.26 Å². The van der Waals surface area contributed by atoms with Gasteiger partial charge in [0.25, 0.3) is 5.91 Å². The van der Waals surface area contributed by atoms with Gasteiger partial charge in [-0.3, -0.25) is 9.59 Å². The standard InChI is InChI=1S/C25H25N5O4/c1-2-33-21-9-8-19(14-20(21)15-26)23-28-25(34-29-23)18-10-12-30(13-11-18)22(31)16-27-24(32)17-6-4-3-5-7-17/h3-9,14,18H,2,10-13,16H2,1H3,(H,27,32). The van der Waals surface area contributed by atoms with Gasteiger partial charge in [-0.2, -0.15) is 10.2 Å². The molecule has 2 heterocycles. The average Bonchev–Trinajstić information content (AvgIpc) is 3.38. The van der Waals surface area contributed by atoms with Gasteiger partial charge in [0.15, 0.2) is 0 Å². The highest BCUT2D eigenvalue weighted by atomic mass is 16.5. The highest BCUT2D eigenvalue weighted by Crippen LogP contribution is 2.30. The van der Waals surface area contributed by atoms with Gasteiger partial charge in [0.1, 0.15) is 11.8 Å². The van der Waals surface area contributed by atoms with Crippen molar-refractivity contribution < 1.29 is 18.8 Å². The second kappa shape index (κ2) is 10.6. The normalized spacial score (nSPS) is 13.8. The predicted molar refractivity (Wildman–Crippen MR) is 123 cm³/mol. The molecule has 0 saturated carbocycles. The van der Waals surface area contributed by atoms with Gasteiger partial charge in [0.05, 0.1) is 18.7 Å². The van der Waals surface area contributed by atoms with Crippen LogP contribution in [0.4, 0.5) is 0 Å². The van der Waals surface area contributed by atoms with Crippen LogP contribution in [0.1, 0.15) is 47.5 Å². The number of nitriles is 1. The first-order valence-electron chi connectivity index (χ1n) is 11.2. The van der Waals surface area contributed by atoms with E-state index in [-0.39, 0.29) is 24.3 Å². The van der Waals surface area contributed by atoms with E-state index in [1.807, 2.05) is 13.0 Å². The monoisotopic (exact) mass is 459 g/mol. The molecule has 0 unspecified atom stereocenters. The summed E-state index contributed by atoms with van der Waals surface area (Å²) in [7, 11) is 0. The third kappa shape index (κ3) is 5.23. The molecule has 1 aliphatic heterocycles. The summed E-state index contributed by atoms with van der Waals surface area (Å²) in [6.45, 7) is 3.39. The van der Waals surface area contributed by atoms with Crippen molar-refractivity contribution in [1.29, 1.82) is 5.26 Å². The first-order chi connectivity index (χ1) is 16.6. The maximum atomic E-state index is 12.5. The Kier molecular flexibility index (Phi) is 7.18. The van der Waals surface area contributed by atoms with Crippen LogP contribution < -0.4 is 10.1 Å². The van der Waals surface area contributed by atoms with Crippen molar-refractivity contribution in [2.45, 2.75) is 25.7 Å². The lowest BCUT2D eigenvalue weighted by Crippen LogP contribution is -2.43. The maximum Gasteiger partial charge on any atom is 0.251 e. The zero-order valence-electron chi connectivity index (χ0n) is 18.9. The summed E-state index contributed by atoms with van der Waals surface area (Å²) in [5.74, 6) is 1.11. The van der Waals surface area contributed by atoms with E-state index in [2.05, 4.69) is 21.5 Å². The van der Waals surface area contributed by atoms with Gasteiger partial charge in [-0.15, -0.1) is 0 Å². The molecular formula is C25H25N5O4. The fraction of sp³-hybridized carbons (Fsp3) is 0.320. The van der Waals surface area contributed by atoms with Crippen molar-refractivity contribution in [1.82, 2.24) is 20.4 Å². The van der Waals surface area contributed by atoms with Crippen LogP contribution in [0.2, 0.25) is 0 Å². The molecule has 0 aliphatic carbocycles. The number of carbonyl (C=O) groups excluding carboxylic acids is 2. The Bertz CT molecular complexity index is 1190. The molecule has 4 rings (SSSR count). The minimum Gasteiger partial charge on any atom is -0.492 e. The maximum absolute atomic E-state index is 12.5. The summed E-state index contributed by atoms with van der Waals surface area (Å²) < 4.78 is 11.0. The topological polar surface area (TPSA) is 121 Å². The number of carbonyl (C=O) groups is 2. The Balaban J connectivity index is 1.31. The summed E-state index contributed by atoms with van der Waals surface area (Å²) in [4.78, 5) is 30.9. The first kappa shape index (κ1) is 23.0. The van der Waals surface area contributed by atoms with Crippen LogP contribution in [0.3, 0.4) is 0 Å². The first-order valence-corrected chi connectivity index (χ1v) is 11.2. The molecular weight excluding hydrogens is 434 g/mol. The highest BCUT2D eigenvalue weighted by molar-refractivity contribution is 5.96. The number of piperidine rings is 1. The highest BCUT2D eigenvalue weighted by Gasteiger charge is 2.28. The Hall–Kier alpha value is -4.19. The molecule has 9 nitrogen and oxygen atoms in total. The minimum atomic E-state index is -0.268. The summed E-state index contributed by atoms with van der Waals surface area (Å²) in [6, 6.07) is 16.1. The van der Waals surface area contributed by atoms with Gasteiger partial charge >= 0.3 is 0 Å². The van der Waals surface area contributed by atoms with E-state index in [1.165, 1.54) is 0 Å². The van der Waals surface area contributed by atoms with Crippen molar-refractivity contribution in [3.8, 4) is 23.2 Å². The van der Waals surface area contributed by atoms with Crippen LogP contribution in [0.5, 0.6) is 5.75 Å². The quantitative estimate of drug-likeness (QED) is 0.576. The van der Waals surface area contributed by atoms with Crippen LogP contribution in [0.15, 0.2) is 53.1 Å². The minimum absolute atomic E-state index is 0.0396. The Morgan fingerprint density at radius 2 is 1.97 bits per heavy atom. The summed E-state index contributed by atoms with van der Waals surface area (Å²) in [5, 5.41) is 16.1. The molecule has 0 atom stereocenters. The van der Waals surface area contributed by atoms with Crippen LogP contribution in [-0.4, -0.2) is 53.1 Å². The second-order valence-electron chi connectivity index (χ2n) is 7.92. The van der Waals surface area contributed by atoms with Crippen molar-refractivity contribution in [3.05, 3.63) is 65.5 Å². The number of hydrogen-bond acceptors (Lipinski definition) is 7. The molecule has 174 valence electrons. The zero-order valence-corrected chi connectivity index (χ0v) is 18.9. The molecule has 3 aromatic rings. The van der Waals surface area contributed by atoms with Crippen LogP contribution in [-0.2, 0) is 4.79 Å². The number of likely N-dealkylation sites (tertiary alicyclic amines) is 1. The summed E-state index contributed by atoms with van der Waals surface area (Å²) in [6.07, 6.45) is 1.37. The number of rotatable bonds is 7. The van der Waals surface area contributed by atoms with E-state index in [0.29, 0.717) is 66.7 Å². The second-order valence-corrected chi connectivity index (χ2v) is 7.92. The lowest BCUT2D eigenvalue weighted by molar-refractivity contribution is -0.131. The summed E-state index contributed by atoms with van der Waals surface area (Å²) in [5.41, 5.74) is 1.62. The number of amides is 2. The van der Waals surface area contributed by atoms with Gasteiger partial charge in [-0.25, -0.2) is 0 Å². The van der Waals surface area contributed by atoms with Gasteiger partial charge in [-0.05, 0) is 50.1 Å². The lowest BCUT2D eigenvalue weighted by Gasteiger charge is -2.30. The fourth-order valence-electron chi connectivity index (χ4n) is 3.89. The lowest BCUT2D eigenvalue weighted by atomic mass is 9.96. The molecule has 1 aromatic heterocycles. The molecule has 1 fully saturated rings. The number of nitrogens with zero attached hydrogens (tertiary/aromatic N) is 4. The number of ether oxygens (including phenoxy) is 1. The summed E-state index contributed by atoms with van der Waals surface area (Å²) >= 11 is 0. The Morgan fingerprint density at radius 3 is 2.68 bits per heavy atom. The van der Waals surface area contributed by atoms with E-state index in [1.54, 1.807) is 47.4 Å². The van der Waals surface area contributed by atoms with Gasteiger partial charge in [-0.1, -0.05) is 23.4 Å². The molecule has 2 aromatic carbocycles. The van der Waals surface area contributed by atoms with Crippen LogP contribution in [0.25, 0.3) is 11.4 Å². The molecule has 1 saturated heterocycles. The fourth-order valence-corrected chi connectivity index (χ4v) is 3.89. The zero-order chi connectivity index (χ0) is 23.9. The average molecular weight is 460 g/mol. The van der Waals surface area contributed by atoms with E-state index in [9.17, 15) is 14.9 Å². The molecule has 2 amide bonds. The number of benzene rings is 2. The molecule has 0 radical (unpaired) electrons.